The Labute approximate surface area is 294 Å². The molecule has 5 aliphatic rings. The second-order valence-corrected chi connectivity index (χ2v) is 16.3. The number of carbonyl (C=O) groups is 3. The average Bonchev–Trinajstić information content (AvgIpc) is 3.55. The predicted molar refractivity (Wildman–Crippen MR) is 187 cm³/mol. The summed E-state index contributed by atoms with van der Waals surface area (Å²) >= 11 is 0. The quantitative estimate of drug-likeness (QED) is 0.107. The van der Waals surface area contributed by atoms with Gasteiger partial charge in [-0.2, -0.15) is 0 Å². The highest BCUT2D eigenvalue weighted by molar-refractivity contribution is 6.01. The van der Waals surface area contributed by atoms with E-state index in [9.17, 15) is 19.5 Å². The van der Waals surface area contributed by atoms with Crippen molar-refractivity contribution in [2.24, 2.45) is 22.7 Å². The van der Waals surface area contributed by atoms with Gasteiger partial charge in [0, 0.05) is 23.2 Å². The SMILES string of the molecule is CCCCCCCCCCCCCCCC(=O)OCC(=O)[C@@]12OC(CCC)O[C@@H]1C[C@H]1[C@@H]3CCC4=CC(=O)C=C[C@]4(C)[C@@]3(F)[C@@H](O)C[C@@]12C. The number of alkyl halides is 1. The third-order valence-electron chi connectivity index (χ3n) is 13.2. The van der Waals surface area contributed by atoms with Crippen LogP contribution in [-0.2, 0) is 28.6 Å². The minimum atomic E-state index is -2.01. The van der Waals surface area contributed by atoms with E-state index in [1.807, 2.05) is 13.8 Å². The normalized spacial score (nSPS) is 37.6. The number of aliphatic hydroxyl groups excluding tert-OH is 1. The lowest BCUT2D eigenvalue weighted by atomic mass is 9.44. The van der Waals surface area contributed by atoms with Crippen molar-refractivity contribution in [2.45, 2.75) is 186 Å². The molecule has 1 unspecified atom stereocenters. The third-order valence-corrected chi connectivity index (χ3v) is 13.2. The highest BCUT2D eigenvalue weighted by Gasteiger charge is 2.79. The molecule has 1 aliphatic heterocycles. The first-order chi connectivity index (χ1) is 23.5. The molecule has 276 valence electrons. The highest BCUT2D eigenvalue weighted by atomic mass is 19.1. The van der Waals surface area contributed by atoms with Gasteiger partial charge >= 0.3 is 5.97 Å². The number of halogens is 1. The van der Waals surface area contributed by atoms with Crippen LogP contribution in [0.25, 0.3) is 0 Å². The van der Waals surface area contributed by atoms with Crippen LogP contribution in [0.3, 0.4) is 0 Å². The first-order valence-corrected chi connectivity index (χ1v) is 19.8. The summed E-state index contributed by atoms with van der Waals surface area (Å²) in [6.07, 6.45) is 21.0. The number of aliphatic hydroxyl groups is 1. The van der Waals surface area contributed by atoms with Crippen LogP contribution in [0, 0.1) is 22.7 Å². The third kappa shape index (κ3) is 7.13. The fraction of sp³-hybridized carbons (Fsp3) is 0.829. The number of ketones is 2. The number of fused-ring (bicyclic) bond motifs is 7. The van der Waals surface area contributed by atoms with E-state index in [1.165, 1.54) is 76.4 Å². The Morgan fingerprint density at radius 2 is 1.57 bits per heavy atom. The molecular weight excluding hydrogens is 623 g/mol. The molecule has 0 aromatic rings. The lowest BCUT2D eigenvalue weighted by molar-refractivity contribution is -0.231. The highest BCUT2D eigenvalue weighted by Crippen LogP contribution is 2.71. The number of ether oxygens (including phenoxy) is 3. The van der Waals surface area contributed by atoms with E-state index in [-0.39, 0.29) is 30.3 Å². The summed E-state index contributed by atoms with van der Waals surface area (Å²) in [7, 11) is 0. The van der Waals surface area contributed by atoms with Gasteiger partial charge in [-0.25, -0.2) is 4.39 Å². The molecule has 9 atom stereocenters. The van der Waals surface area contributed by atoms with Gasteiger partial charge in [0.2, 0.25) is 5.78 Å². The van der Waals surface area contributed by atoms with Crippen molar-refractivity contribution in [2.75, 3.05) is 6.61 Å². The zero-order valence-corrected chi connectivity index (χ0v) is 30.7. The van der Waals surface area contributed by atoms with Gasteiger partial charge in [-0.1, -0.05) is 116 Å². The summed E-state index contributed by atoms with van der Waals surface area (Å²) in [5.41, 5.74) is -4.77. The number of esters is 1. The van der Waals surface area contributed by atoms with Gasteiger partial charge in [-0.15, -0.1) is 0 Å². The largest absolute Gasteiger partial charge is 0.458 e. The number of unbranched alkanes of at least 4 members (excludes halogenated alkanes) is 12. The van der Waals surface area contributed by atoms with Crippen molar-refractivity contribution < 1.29 is 38.1 Å². The molecule has 0 amide bonds. The molecule has 4 fully saturated rings. The van der Waals surface area contributed by atoms with E-state index in [0.717, 1.165) is 31.3 Å². The standard InChI is InChI=1S/C41H63FO7/c1-5-7-8-9-10-11-12-13-14-15-16-17-18-20-36(46)47-28-34(45)41-35(48-37(49-41)19-6-2)26-32-31-22-21-29-25-30(43)23-24-38(29,3)40(31,42)33(44)27-39(32,41)4/h23-25,31-33,35,37,44H,5-22,26-28H2,1-4H3/t31-,32-,33-,35+,37?,38-,39-,40-,41+/m0/s1. The minimum absolute atomic E-state index is 0.00662. The first kappa shape index (κ1) is 38.3. The van der Waals surface area contributed by atoms with E-state index in [1.54, 1.807) is 13.0 Å². The van der Waals surface area contributed by atoms with Crippen LogP contribution < -0.4 is 0 Å². The van der Waals surface area contributed by atoms with E-state index in [4.69, 9.17) is 14.2 Å². The molecule has 1 heterocycles. The fourth-order valence-electron chi connectivity index (χ4n) is 10.5. The van der Waals surface area contributed by atoms with Crippen molar-refractivity contribution in [3.63, 3.8) is 0 Å². The number of hydrogen-bond acceptors (Lipinski definition) is 7. The van der Waals surface area contributed by atoms with Crippen LogP contribution in [0.2, 0.25) is 0 Å². The van der Waals surface area contributed by atoms with Crippen LogP contribution in [0.1, 0.15) is 156 Å². The minimum Gasteiger partial charge on any atom is -0.458 e. The second kappa shape index (κ2) is 16.2. The Balaban J connectivity index is 1.16. The van der Waals surface area contributed by atoms with Crippen molar-refractivity contribution >= 4 is 17.5 Å². The van der Waals surface area contributed by atoms with Crippen molar-refractivity contribution in [1.82, 2.24) is 0 Å². The van der Waals surface area contributed by atoms with E-state index >= 15 is 4.39 Å². The maximum Gasteiger partial charge on any atom is 0.306 e. The van der Waals surface area contributed by atoms with Gasteiger partial charge in [0.15, 0.2) is 29.9 Å². The van der Waals surface area contributed by atoms with Crippen LogP contribution in [0.4, 0.5) is 4.39 Å². The molecule has 49 heavy (non-hydrogen) atoms. The van der Waals surface area contributed by atoms with Crippen molar-refractivity contribution in [3.05, 3.63) is 23.8 Å². The number of carbonyl (C=O) groups excluding carboxylic acids is 3. The van der Waals surface area contributed by atoms with Gasteiger partial charge in [0.05, 0.1) is 12.2 Å². The van der Waals surface area contributed by atoms with Gasteiger partial charge in [-0.3, -0.25) is 14.4 Å². The summed E-state index contributed by atoms with van der Waals surface area (Å²) in [5.74, 6) is -1.77. The number of Topliss-reactive ketones (excluding diaryl/α,β-unsaturated/α-hetero) is 1. The van der Waals surface area contributed by atoms with E-state index in [0.29, 0.717) is 25.7 Å². The summed E-state index contributed by atoms with van der Waals surface area (Å²) in [4.78, 5) is 39.3. The second-order valence-electron chi connectivity index (χ2n) is 16.3. The molecular formula is C41H63FO7. The molecule has 0 spiro atoms. The Morgan fingerprint density at radius 3 is 2.20 bits per heavy atom. The maximum atomic E-state index is 17.6. The predicted octanol–water partition coefficient (Wildman–Crippen LogP) is 8.84. The molecule has 1 saturated heterocycles. The summed E-state index contributed by atoms with van der Waals surface area (Å²) in [6.45, 7) is 7.59. The number of allylic oxidation sites excluding steroid dienone is 4. The molecule has 3 saturated carbocycles. The van der Waals surface area contributed by atoms with Gasteiger partial charge in [-0.05, 0) is 63.5 Å². The van der Waals surface area contributed by atoms with Crippen LogP contribution in [-0.4, -0.2) is 59.0 Å². The lowest BCUT2D eigenvalue weighted by Gasteiger charge is -2.62. The molecule has 5 rings (SSSR count). The molecule has 0 bridgehead atoms. The average molecular weight is 687 g/mol. The van der Waals surface area contributed by atoms with Gasteiger partial charge in [0.25, 0.3) is 0 Å². The lowest BCUT2D eigenvalue weighted by Crippen LogP contribution is -2.69. The topological polar surface area (TPSA) is 99.1 Å². The maximum absolute atomic E-state index is 17.6. The zero-order chi connectivity index (χ0) is 35.3. The molecule has 0 aromatic heterocycles. The molecule has 8 heteroatoms. The summed E-state index contributed by atoms with van der Waals surface area (Å²) in [6, 6.07) is 0. The summed E-state index contributed by atoms with van der Waals surface area (Å²) in [5, 5.41) is 11.8. The first-order valence-electron chi connectivity index (χ1n) is 19.8. The smallest absolute Gasteiger partial charge is 0.306 e. The Morgan fingerprint density at radius 1 is 0.939 bits per heavy atom. The summed E-state index contributed by atoms with van der Waals surface area (Å²) < 4.78 is 36.2. The molecule has 0 aromatic carbocycles. The van der Waals surface area contributed by atoms with Crippen LogP contribution >= 0.6 is 0 Å². The van der Waals surface area contributed by atoms with Crippen LogP contribution in [0.5, 0.6) is 0 Å². The van der Waals surface area contributed by atoms with Crippen molar-refractivity contribution in [3.8, 4) is 0 Å². The monoisotopic (exact) mass is 686 g/mol. The Bertz CT molecular complexity index is 1250. The van der Waals surface area contributed by atoms with Gasteiger partial charge in [0.1, 0.15) is 0 Å². The van der Waals surface area contributed by atoms with Crippen molar-refractivity contribution in [1.29, 1.82) is 0 Å². The number of rotatable bonds is 19. The number of hydrogen-bond donors (Lipinski definition) is 1. The fourth-order valence-corrected chi connectivity index (χ4v) is 10.5. The molecule has 4 aliphatic carbocycles. The van der Waals surface area contributed by atoms with Gasteiger partial charge < -0.3 is 19.3 Å². The zero-order valence-electron chi connectivity index (χ0n) is 30.7. The van der Waals surface area contributed by atoms with E-state index < -0.39 is 59.1 Å². The Hall–Kier alpha value is -1.90. The Kier molecular flexibility index (Phi) is 12.7. The molecule has 1 N–H and O–H groups in total. The van der Waals surface area contributed by atoms with E-state index in [2.05, 4.69) is 6.92 Å². The molecule has 7 nitrogen and oxygen atoms in total. The van der Waals surface area contributed by atoms with Crippen LogP contribution in [0.15, 0.2) is 23.8 Å². The molecule has 0 radical (unpaired) electrons.